The Kier molecular flexibility index (Phi) is 4.86. The van der Waals surface area contributed by atoms with Crippen molar-refractivity contribution in [2.45, 2.75) is 51.1 Å². The molecule has 1 fully saturated rings. The Bertz CT molecular complexity index is 381. The van der Waals surface area contributed by atoms with Crippen LogP contribution in [0.5, 0.6) is 0 Å². The molecule has 18 heavy (non-hydrogen) atoms. The van der Waals surface area contributed by atoms with Crippen molar-refractivity contribution in [2.24, 2.45) is 5.73 Å². The minimum Gasteiger partial charge on any atom is -0.322 e. The third-order valence-corrected chi connectivity index (χ3v) is 6.06. The summed E-state index contributed by atoms with van der Waals surface area (Å²) in [6, 6.07) is 2.17. The summed E-state index contributed by atoms with van der Waals surface area (Å²) < 4.78 is 1.16. The first-order valence-electron chi connectivity index (χ1n) is 6.77. The third-order valence-electron chi connectivity index (χ3n) is 4.11. The molecule has 0 bridgehead atoms. The van der Waals surface area contributed by atoms with E-state index >= 15 is 0 Å². The van der Waals surface area contributed by atoms with Gasteiger partial charge in [0.2, 0.25) is 0 Å². The van der Waals surface area contributed by atoms with E-state index in [2.05, 4.69) is 46.1 Å². The van der Waals surface area contributed by atoms with Gasteiger partial charge in [0.05, 0.1) is 6.04 Å². The number of hydrogen-bond acceptors (Lipinski definition) is 3. The highest BCUT2D eigenvalue weighted by Gasteiger charge is 2.35. The Morgan fingerprint density at radius 3 is 2.39 bits per heavy atom. The average Bonchev–Trinajstić information content (AvgIpc) is 2.61. The first-order valence-corrected chi connectivity index (χ1v) is 8.44. The van der Waals surface area contributed by atoms with Gasteiger partial charge in [-0.1, -0.05) is 12.8 Å². The second-order valence-electron chi connectivity index (χ2n) is 5.67. The van der Waals surface area contributed by atoms with E-state index in [0.29, 0.717) is 0 Å². The molecule has 0 aliphatic carbocycles. The van der Waals surface area contributed by atoms with E-state index in [1.807, 2.05) is 0 Å². The zero-order valence-corrected chi connectivity index (χ0v) is 13.7. The van der Waals surface area contributed by atoms with Crippen LogP contribution in [0.3, 0.4) is 0 Å². The number of nitrogens with zero attached hydrogens (tertiary/aromatic N) is 1. The third kappa shape index (κ3) is 2.98. The average molecular weight is 331 g/mol. The molecule has 1 aromatic heterocycles. The molecule has 1 atom stereocenters. The molecule has 2 N–H and O–H groups in total. The highest BCUT2D eigenvalue weighted by atomic mass is 79.9. The number of thiophene rings is 1. The van der Waals surface area contributed by atoms with Gasteiger partial charge < -0.3 is 5.73 Å². The maximum absolute atomic E-state index is 6.54. The zero-order valence-electron chi connectivity index (χ0n) is 11.3. The lowest BCUT2D eigenvalue weighted by atomic mass is 9.91. The van der Waals surface area contributed by atoms with E-state index in [1.54, 1.807) is 11.3 Å². The molecule has 2 heterocycles. The van der Waals surface area contributed by atoms with Gasteiger partial charge in [-0.3, -0.25) is 4.90 Å². The van der Waals surface area contributed by atoms with Gasteiger partial charge in [0.15, 0.2) is 0 Å². The molecule has 102 valence electrons. The summed E-state index contributed by atoms with van der Waals surface area (Å²) in [4.78, 5) is 3.85. The van der Waals surface area contributed by atoms with Crippen LogP contribution < -0.4 is 5.73 Å². The predicted octanol–water partition coefficient (Wildman–Crippen LogP) is 4.17. The Labute approximate surface area is 123 Å². The summed E-state index contributed by atoms with van der Waals surface area (Å²) in [5, 5.41) is 2.11. The maximum Gasteiger partial charge on any atom is 0.0582 e. The van der Waals surface area contributed by atoms with Crippen molar-refractivity contribution < 1.29 is 0 Å². The molecule has 2 rings (SSSR count). The molecule has 1 aliphatic rings. The van der Waals surface area contributed by atoms with Gasteiger partial charge in [-0.15, -0.1) is 11.3 Å². The van der Waals surface area contributed by atoms with Gasteiger partial charge in [0.1, 0.15) is 0 Å². The van der Waals surface area contributed by atoms with Crippen LogP contribution in [0.2, 0.25) is 0 Å². The lowest BCUT2D eigenvalue weighted by Gasteiger charge is -2.42. The van der Waals surface area contributed by atoms with Crippen LogP contribution in [0.4, 0.5) is 0 Å². The molecule has 0 spiro atoms. The lowest BCUT2D eigenvalue weighted by molar-refractivity contribution is 0.0989. The fraction of sp³-hybridized carbons (Fsp3) is 0.714. The highest BCUT2D eigenvalue weighted by Crippen LogP contribution is 2.37. The van der Waals surface area contributed by atoms with E-state index in [4.69, 9.17) is 5.73 Å². The standard InChI is InChI=1S/C14H23BrN2S/c1-14(2,17-8-5-3-4-6-9-17)13(16)12-11(15)7-10-18-12/h7,10,13H,3-6,8-9,16H2,1-2H3. The van der Waals surface area contributed by atoms with Crippen molar-refractivity contribution in [1.29, 1.82) is 0 Å². The quantitative estimate of drug-likeness (QED) is 0.901. The number of hydrogen-bond donors (Lipinski definition) is 1. The Morgan fingerprint density at radius 2 is 1.89 bits per heavy atom. The highest BCUT2D eigenvalue weighted by molar-refractivity contribution is 9.10. The lowest BCUT2D eigenvalue weighted by Crippen LogP contribution is -2.51. The van der Waals surface area contributed by atoms with Crippen molar-refractivity contribution in [2.75, 3.05) is 13.1 Å². The minimum atomic E-state index is 0.0255. The van der Waals surface area contributed by atoms with E-state index in [-0.39, 0.29) is 11.6 Å². The molecule has 4 heteroatoms. The molecule has 2 nitrogen and oxygen atoms in total. The molecule has 0 radical (unpaired) electrons. The normalized spacial score (nSPS) is 20.7. The van der Waals surface area contributed by atoms with Gasteiger partial charge in [-0.25, -0.2) is 0 Å². The van der Waals surface area contributed by atoms with Gasteiger partial charge in [-0.05, 0) is 67.2 Å². The number of nitrogens with two attached hydrogens (primary N) is 1. The SMILES string of the molecule is CC(C)(C(N)c1sccc1Br)N1CCCCCC1. The van der Waals surface area contributed by atoms with Crippen LogP contribution in [-0.2, 0) is 0 Å². The summed E-state index contributed by atoms with van der Waals surface area (Å²) >= 11 is 5.37. The Hall–Kier alpha value is 0.1000. The summed E-state index contributed by atoms with van der Waals surface area (Å²) in [7, 11) is 0. The Balaban J connectivity index is 2.16. The monoisotopic (exact) mass is 330 g/mol. The van der Waals surface area contributed by atoms with Crippen molar-refractivity contribution in [3.8, 4) is 0 Å². The molecule has 1 saturated heterocycles. The van der Waals surface area contributed by atoms with E-state index in [1.165, 1.54) is 43.6 Å². The van der Waals surface area contributed by atoms with Crippen LogP contribution in [0.1, 0.15) is 50.4 Å². The van der Waals surface area contributed by atoms with Crippen LogP contribution in [-0.4, -0.2) is 23.5 Å². The van der Waals surface area contributed by atoms with E-state index in [0.717, 1.165) is 4.47 Å². The summed E-state index contributed by atoms with van der Waals surface area (Å²) in [5.41, 5.74) is 6.56. The molecule has 1 aliphatic heterocycles. The predicted molar refractivity (Wildman–Crippen MR) is 83.1 cm³/mol. The van der Waals surface area contributed by atoms with Crippen LogP contribution in [0.25, 0.3) is 0 Å². The second kappa shape index (κ2) is 6.04. The van der Waals surface area contributed by atoms with E-state index in [9.17, 15) is 0 Å². The van der Waals surface area contributed by atoms with Gasteiger partial charge in [0, 0.05) is 14.9 Å². The summed E-state index contributed by atoms with van der Waals surface area (Å²) in [5.74, 6) is 0. The number of halogens is 1. The van der Waals surface area contributed by atoms with Crippen LogP contribution >= 0.6 is 27.3 Å². The van der Waals surface area contributed by atoms with Crippen LogP contribution in [0, 0.1) is 0 Å². The number of rotatable bonds is 3. The van der Waals surface area contributed by atoms with Crippen molar-refractivity contribution in [3.63, 3.8) is 0 Å². The fourth-order valence-electron chi connectivity index (χ4n) is 2.69. The Morgan fingerprint density at radius 1 is 1.28 bits per heavy atom. The molecule has 1 unspecified atom stereocenters. The van der Waals surface area contributed by atoms with Gasteiger partial charge in [0.25, 0.3) is 0 Å². The van der Waals surface area contributed by atoms with Gasteiger partial charge in [-0.2, -0.15) is 0 Å². The molecule has 1 aromatic rings. The smallest absolute Gasteiger partial charge is 0.0582 e. The first-order chi connectivity index (χ1) is 8.53. The molecule has 0 aromatic carbocycles. The van der Waals surface area contributed by atoms with E-state index < -0.39 is 0 Å². The van der Waals surface area contributed by atoms with Gasteiger partial charge >= 0.3 is 0 Å². The number of likely N-dealkylation sites (tertiary alicyclic amines) is 1. The molecule has 0 saturated carbocycles. The fourth-order valence-corrected chi connectivity index (χ4v) is 4.49. The molecule has 0 amide bonds. The minimum absolute atomic E-state index is 0.0255. The second-order valence-corrected chi connectivity index (χ2v) is 7.47. The molecular weight excluding hydrogens is 308 g/mol. The largest absolute Gasteiger partial charge is 0.322 e. The molecular formula is C14H23BrN2S. The van der Waals surface area contributed by atoms with Crippen molar-refractivity contribution in [3.05, 3.63) is 20.8 Å². The maximum atomic E-state index is 6.54. The van der Waals surface area contributed by atoms with Crippen molar-refractivity contribution >= 4 is 27.3 Å². The topological polar surface area (TPSA) is 29.3 Å². The van der Waals surface area contributed by atoms with Crippen LogP contribution in [0.15, 0.2) is 15.9 Å². The van der Waals surface area contributed by atoms with Crippen molar-refractivity contribution in [1.82, 2.24) is 4.90 Å². The summed E-state index contributed by atoms with van der Waals surface area (Å²) in [6.45, 7) is 6.94. The first kappa shape index (κ1) is 14.5. The zero-order chi connectivity index (χ0) is 13.2. The summed E-state index contributed by atoms with van der Waals surface area (Å²) in [6.07, 6.45) is 5.35.